The average molecular weight is 340 g/mol. The molecular formula is C11H18ClN3O3S2. The number of thiophene rings is 1. The van der Waals surface area contributed by atoms with Crippen LogP contribution in [0, 0.1) is 6.92 Å². The van der Waals surface area contributed by atoms with Crippen molar-refractivity contribution < 1.29 is 13.2 Å². The Labute approximate surface area is 128 Å². The van der Waals surface area contributed by atoms with E-state index in [0.717, 1.165) is 24.2 Å². The number of halogens is 1. The Hall–Kier alpha value is -0.670. The van der Waals surface area contributed by atoms with Crippen LogP contribution < -0.4 is 10.9 Å². The number of carbonyl (C=O) groups excluding carboxylic acids is 1. The second-order valence-corrected chi connectivity index (χ2v) is 7.52. The molecule has 6 nitrogen and oxygen atoms in total. The molecule has 1 aromatic heterocycles. The van der Waals surface area contributed by atoms with Crippen LogP contribution >= 0.6 is 23.7 Å². The second kappa shape index (κ2) is 6.40. The Morgan fingerprint density at radius 2 is 2.15 bits per heavy atom. The monoisotopic (exact) mass is 339 g/mol. The molecule has 0 saturated carbocycles. The summed E-state index contributed by atoms with van der Waals surface area (Å²) in [6.45, 7) is 2.82. The van der Waals surface area contributed by atoms with Crippen molar-refractivity contribution in [2.75, 3.05) is 13.1 Å². The molecule has 1 fully saturated rings. The summed E-state index contributed by atoms with van der Waals surface area (Å²) in [4.78, 5) is 14.9. The highest BCUT2D eigenvalue weighted by atomic mass is 35.5. The molecule has 0 bridgehead atoms. The van der Waals surface area contributed by atoms with Crippen LogP contribution in [0.15, 0.2) is 11.0 Å². The number of rotatable bonds is 2. The van der Waals surface area contributed by atoms with Gasteiger partial charge in [0, 0.05) is 24.0 Å². The summed E-state index contributed by atoms with van der Waals surface area (Å²) < 4.78 is 22.7. The summed E-state index contributed by atoms with van der Waals surface area (Å²) in [7, 11) is -3.77. The minimum absolute atomic E-state index is 0. The molecule has 2 heterocycles. The lowest BCUT2D eigenvalue weighted by Crippen LogP contribution is -2.45. The van der Waals surface area contributed by atoms with Crippen molar-refractivity contribution in [3.8, 4) is 0 Å². The highest BCUT2D eigenvalue weighted by molar-refractivity contribution is 7.89. The van der Waals surface area contributed by atoms with Gasteiger partial charge < -0.3 is 10.6 Å². The van der Waals surface area contributed by atoms with E-state index in [1.807, 2.05) is 0 Å². The van der Waals surface area contributed by atoms with Crippen LogP contribution in [0.1, 0.15) is 27.4 Å². The van der Waals surface area contributed by atoms with Crippen molar-refractivity contribution in [3.63, 3.8) is 0 Å². The summed E-state index contributed by atoms with van der Waals surface area (Å²) >= 11 is 1.15. The zero-order chi connectivity index (χ0) is 14.2. The number of nitrogens with zero attached hydrogens (tertiary/aromatic N) is 1. The molecule has 1 saturated heterocycles. The number of amides is 1. The van der Waals surface area contributed by atoms with E-state index in [2.05, 4.69) is 0 Å². The SMILES string of the molecule is Cc1sc(C(=O)N2CCCC(N)C2)cc1S(N)(=O)=O.Cl. The van der Waals surface area contributed by atoms with Crippen LogP contribution in [0.5, 0.6) is 0 Å². The summed E-state index contributed by atoms with van der Waals surface area (Å²) in [5, 5.41) is 5.11. The average Bonchev–Trinajstić information content (AvgIpc) is 2.70. The minimum Gasteiger partial charge on any atom is -0.336 e. The normalized spacial score (nSPS) is 19.6. The fourth-order valence-corrected chi connectivity index (χ4v) is 4.32. The van der Waals surface area contributed by atoms with Crippen LogP contribution in [0.25, 0.3) is 0 Å². The maximum Gasteiger partial charge on any atom is 0.264 e. The number of sulfonamides is 1. The van der Waals surface area contributed by atoms with Crippen molar-refractivity contribution in [1.29, 1.82) is 0 Å². The number of hydrogen-bond acceptors (Lipinski definition) is 5. The topological polar surface area (TPSA) is 106 Å². The van der Waals surface area contributed by atoms with Crippen molar-refractivity contribution in [2.45, 2.75) is 30.7 Å². The molecule has 1 aliphatic rings. The van der Waals surface area contributed by atoms with Crippen molar-refractivity contribution in [3.05, 3.63) is 15.8 Å². The minimum atomic E-state index is -3.77. The van der Waals surface area contributed by atoms with E-state index in [9.17, 15) is 13.2 Å². The van der Waals surface area contributed by atoms with E-state index in [4.69, 9.17) is 10.9 Å². The largest absolute Gasteiger partial charge is 0.336 e. The molecule has 0 radical (unpaired) electrons. The Bertz CT molecular complexity index is 600. The zero-order valence-corrected chi connectivity index (χ0v) is 13.5. The molecule has 1 unspecified atom stereocenters. The quantitative estimate of drug-likeness (QED) is 0.826. The fraction of sp³-hybridized carbons (Fsp3) is 0.545. The number of aryl methyl sites for hydroxylation is 1. The smallest absolute Gasteiger partial charge is 0.264 e. The molecule has 1 aromatic rings. The Kier molecular flexibility index (Phi) is 5.56. The predicted molar refractivity (Wildman–Crippen MR) is 80.8 cm³/mol. The third-order valence-electron chi connectivity index (χ3n) is 3.13. The Balaban J connectivity index is 0.00000200. The molecule has 1 atom stereocenters. The van der Waals surface area contributed by atoms with Gasteiger partial charge in [0.1, 0.15) is 0 Å². The van der Waals surface area contributed by atoms with Gasteiger partial charge >= 0.3 is 0 Å². The lowest BCUT2D eigenvalue weighted by atomic mass is 10.1. The van der Waals surface area contributed by atoms with Gasteiger partial charge in [-0.3, -0.25) is 4.79 Å². The number of nitrogens with two attached hydrogens (primary N) is 2. The van der Waals surface area contributed by atoms with Gasteiger partial charge in [0.05, 0.1) is 9.77 Å². The van der Waals surface area contributed by atoms with Gasteiger partial charge in [0.15, 0.2) is 0 Å². The molecule has 0 spiro atoms. The van der Waals surface area contributed by atoms with Crippen molar-refractivity contribution >= 4 is 39.7 Å². The summed E-state index contributed by atoms with van der Waals surface area (Å²) in [5.41, 5.74) is 5.84. The molecule has 1 amide bonds. The molecule has 2 rings (SSSR count). The molecule has 9 heteroatoms. The van der Waals surface area contributed by atoms with E-state index in [1.54, 1.807) is 11.8 Å². The first-order valence-corrected chi connectivity index (χ1v) is 8.33. The summed E-state index contributed by atoms with van der Waals surface area (Å²) in [5.74, 6) is -0.168. The van der Waals surface area contributed by atoms with Crippen LogP contribution in [0.2, 0.25) is 0 Å². The maximum atomic E-state index is 12.3. The van der Waals surface area contributed by atoms with Crippen LogP contribution in [0.3, 0.4) is 0 Å². The third-order valence-corrected chi connectivity index (χ3v) is 5.34. The van der Waals surface area contributed by atoms with Gasteiger partial charge in [-0.2, -0.15) is 0 Å². The first-order valence-electron chi connectivity index (χ1n) is 5.97. The lowest BCUT2D eigenvalue weighted by molar-refractivity contribution is 0.0713. The van der Waals surface area contributed by atoms with Crippen LogP contribution in [-0.2, 0) is 10.0 Å². The van der Waals surface area contributed by atoms with Crippen molar-refractivity contribution in [1.82, 2.24) is 4.90 Å². The van der Waals surface area contributed by atoms with Gasteiger partial charge in [0.25, 0.3) is 5.91 Å². The Morgan fingerprint density at radius 1 is 1.50 bits per heavy atom. The van der Waals surface area contributed by atoms with E-state index >= 15 is 0 Å². The number of hydrogen-bond donors (Lipinski definition) is 2. The number of likely N-dealkylation sites (tertiary alicyclic amines) is 1. The first-order chi connectivity index (χ1) is 8.79. The van der Waals surface area contributed by atoms with Crippen LogP contribution in [-0.4, -0.2) is 38.4 Å². The standard InChI is InChI=1S/C11H17N3O3S2.ClH/c1-7-10(19(13,16)17)5-9(18-7)11(15)14-4-2-3-8(12)6-14;/h5,8H,2-4,6,12H2,1H3,(H2,13,16,17);1H. The fourth-order valence-electron chi connectivity index (χ4n) is 2.20. The maximum absolute atomic E-state index is 12.3. The molecule has 1 aliphatic heterocycles. The Morgan fingerprint density at radius 3 is 2.65 bits per heavy atom. The highest BCUT2D eigenvalue weighted by Gasteiger charge is 2.25. The lowest BCUT2D eigenvalue weighted by Gasteiger charge is -2.30. The molecular weight excluding hydrogens is 322 g/mol. The van der Waals surface area contributed by atoms with E-state index < -0.39 is 10.0 Å². The van der Waals surface area contributed by atoms with Gasteiger partial charge in [-0.25, -0.2) is 13.6 Å². The van der Waals surface area contributed by atoms with E-state index in [-0.39, 0.29) is 29.3 Å². The van der Waals surface area contributed by atoms with Crippen LogP contribution in [0.4, 0.5) is 0 Å². The zero-order valence-electron chi connectivity index (χ0n) is 11.0. The first kappa shape index (κ1) is 17.4. The second-order valence-electron chi connectivity index (χ2n) is 4.73. The molecule has 114 valence electrons. The molecule has 4 N–H and O–H groups in total. The van der Waals surface area contributed by atoms with Gasteiger partial charge in [-0.1, -0.05) is 0 Å². The third kappa shape index (κ3) is 3.70. The molecule has 0 aliphatic carbocycles. The molecule has 20 heavy (non-hydrogen) atoms. The van der Waals surface area contributed by atoms with Crippen molar-refractivity contribution in [2.24, 2.45) is 10.9 Å². The van der Waals surface area contributed by atoms with Gasteiger partial charge in [-0.05, 0) is 25.8 Å². The predicted octanol–water partition coefficient (Wildman–Crippen LogP) is 0.689. The van der Waals surface area contributed by atoms with E-state index in [1.165, 1.54) is 6.07 Å². The summed E-state index contributed by atoms with van der Waals surface area (Å²) in [6, 6.07) is 1.36. The summed E-state index contributed by atoms with van der Waals surface area (Å²) in [6.07, 6.45) is 1.79. The van der Waals surface area contributed by atoms with Gasteiger partial charge in [0.2, 0.25) is 10.0 Å². The van der Waals surface area contributed by atoms with Gasteiger partial charge in [-0.15, -0.1) is 23.7 Å². The number of piperidine rings is 1. The van der Waals surface area contributed by atoms with E-state index in [0.29, 0.717) is 22.8 Å². The number of carbonyl (C=O) groups is 1. The number of primary sulfonamides is 1. The molecule has 0 aromatic carbocycles. The highest BCUT2D eigenvalue weighted by Crippen LogP contribution is 2.26.